The van der Waals surface area contributed by atoms with Gasteiger partial charge in [0.2, 0.25) is 0 Å². The number of hydrogen-bond acceptors (Lipinski definition) is 4. The lowest BCUT2D eigenvalue weighted by molar-refractivity contribution is 0.136. The van der Waals surface area contributed by atoms with Gasteiger partial charge >= 0.3 is 6.03 Å². The van der Waals surface area contributed by atoms with Gasteiger partial charge in [-0.05, 0) is 30.7 Å². The third-order valence-electron chi connectivity index (χ3n) is 5.05. The Morgan fingerprint density at radius 1 is 1.14 bits per heavy atom. The number of carbonyl (C=O) groups excluding carboxylic acids is 1. The third kappa shape index (κ3) is 4.66. The number of halogens is 1. The first kappa shape index (κ1) is 19.2. The zero-order valence-electron chi connectivity index (χ0n) is 15.7. The van der Waals surface area contributed by atoms with E-state index in [9.17, 15) is 4.79 Å². The predicted octanol–water partition coefficient (Wildman–Crippen LogP) is 3.67. The average Bonchev–Trinajstić information content (AvgIpc) is 3.31. The normalized spacial score (nSPS) is 15.2. The summed E-state index contributed by atoms with van der Waals surface area (Å²) in [5, 5.41) is 3.05. The zero-order chi connectivity index (χ0) is 19.3. The van der Waals surface area contributed by atoms with Crippen molar-refractivity contribution in [1.29, 1.82) is 0 Å². The highest BCUT2D eigenvalue weighted by Gasteiger charge is 2.21. The van der Waals surface area contributed by atoms with Gasteiger partial charge in [-0.1, -0.05) is 23.7 Å². The van der Waals surface area contributed by atoms with Crippen LogP contribution in [0.1, 0.15) is 11.3 Å². The van der Waals surface area contributed by atoms with Crippen molar-refractivity contribution in [2.75, 3.05) is 32.7 Å². The molecule has 148 valence electrons. The summed E-state index contributed by atoms with van der Waals surface area (Å²) in [6.45, 7) is 5.73. The van der Waals surface area contributed by atoms with Gasteiger partial charge in [-0.15, -0.1) is 11.3 Å². The Labute approximate surface area is 173 Å². The number of aryl methyl sites for hydroxylation is 1. The number of benzene rings is 1. The number of hydrogen-bond donors (Lipinski definition) is 1. The number of para-hydroxylation sites is 2. The molecule has 0 aliphatic carbocycles. The lowest BCUT2D eigenvalue weighted by atomic mass is 10.3. The first-order valence-corrected chi connectivity index (χ1v) is 10.8. The lowest BCUT2D eigenvalue weighted by Crippen LogP contribution is -2.51. The number of nitrogens with zero attached hydrogens (tertiary/aromatic N) is 4. The predicted molar refractivity (Wildman–Crippen MR) is 114 cm³/mol. The smallest absolute Gasteiger partial charge is 0.317 e. The van der Waals surface area contributed by atoms with Crippen molar-refractivity contribution in [2.24, 2.45) is 0 Å². The fourth-order valence-electron chi connectivity index (χ4n) is 3.51. The molecule has 4 rings (SSSR count). The summed E-state index contributed by atoms with van der Waals surface area (Å²) >= 11 is 7.62. The van der Waals surface area contributed by atoms with Gasteiger partial charge in [0.1, 0.15) is 0 Å². The monoisotopic (exact) mass is 417 g/mol. The van der Waals surface area contributed by atoms with E-state index in [1.807, 2.05) is 35.5 Å². The summed E-state index contributed by atoms with van der Waals surface area (Å²) in [6.07, 6.45) is 2.75. The highest BCUT2D eigenvalue weighted by molar-refractivity contribution is 7.16. The number of rotatable bonds is 6. The second kappa shape index (κ2) is 8.94. The molecule has 0 bridgehead atoms. The highest BCUT2D eigenvalue weighted by Crippen LogP contribution is 2.23. The minimum Gasteiger partial charge on any atom is -0.338 e. The summed E-state index contributed by atoms with van der Waals surface area (Å²) in [7, 11) is 0. The van der Waals surface area contributed by atoms with E-state index < -0.39 is 0 Å². The number of amides is 2. The van der Waals surface area contributed by atoms with Crippen LogP contribution in [0.25, 0.3) is 11.0 Å². The molecule has 1 aliphatic heterocycles. The number of nitrogens with one attached hydrogen (secondary N) is 1. The van der Waals surface area contributed by atoms with Gasteiger partial charge in [0.15, 0.2) is 0 Å². The molecule has 0 saturated carbocycles. The lowest BCUT2D eigenvalue weighted by Gasteiger charge is -2.34. The maximum atomic E-state index is 12.4. The molecule has 0 unspecified atom stereocenters. The van der Waals surface area contributed by atoms with Crippen molar-refractivity contribution in [3.63, 3.8) is 0 Å². The number of thiophene rings is 1. The second-order valence-corrected chi connectivity index (χ2v) is 8.78. The first-order chi connectivity index (χ1) is 13.7. The van der Waals surface area contributed by atoms with Crippen molar-refractivity contribution in [3.8, 4) is 0 Å². The van der Waals surface area contributed by atoms with Crippen LogP contribution in [-0.4, -0.2) is 58.1 Å². The standard InChI is InChI=1S/C20H24ClN5OS/c21-19-7-6-16(28-19)14-24-10-12-25(13-11-24)20(27)22-8-3-9-26-15-23-17-4-1-2-5-18(17)26/h1-2,4-7,15H,3,8-14H2,(H,22,27). The van der Waals surface area contributed by atoms with Crippen LogP contribution in [0.3, 0.4) is 0 Å². The van der Waals surface area contributed by atoms with Crippen LogP contribution in [0.15, 0.2) is 42.7 Å². The van der Waals surface area contributed by atoms with E-state index in [0.29, 0.717) is 6.54 Å². The van der Waals surface area contributed by atoms with Crippen molar-refractivity contribution in [1.82, 2.24) is 24.7 Å². The highest BCUT2D eigenvalue weighted by atomic mass is 35.5. The van der Waals surface area contributed by atoms with Crippen molar-refractivity contribution in [3.05, 3.63) is 51.9 Å². The van der Waals surface area contributed by atoms with Gasteiger partial charge < -0.3 is 14.8 Å². The number of aromatic nitrogens is 2. The Kier molecular flexibility index (Phi) is 6.14. The molecule has 0 spiro atoms. The molecule has 1 saturated heterocycles. The minimum absolute atomic E-state index is 0.0364. The van der Waals surface area contributed by atoms with Crippen LogP contribution < -0.4 is 5.32 Å². The van der Waals surface area contributed by atoms with Crippen molar-refractivity contribution in [2.45, 2.75) is 19.5 Å². The van der Waals surface area contributed by atoms with E-state index in [-0.39, 0.29) is 6.03 Å². The molecule has 3 heterocycles. The van der Waals surface area contributed by atoms with Gasteiger partial charge in [0, 0.05) is 50.7 Å². The Bertz CT molecular complexity index is 931. The molecule has 8 heteroatoms. The summed E-state index contributed by atoms with van der Waals surface area (Å²) in [6, 6.07) is 12.2. The largest absolute Gasteiger partial charge is 0.338 e. The van der Waals surface area contributed by atoms with E-state index in [2.05, 4.69) is 31.9 Å². The fraction of sp³-hybridized carbons (Fsp3) is 0.400. The van der Waals surface area contributed by atoms with Crippen LogP contribution in [0.4, 0.5) is 4.79 Å². The summed E-state index contributed by atoms with van der Waals surface area (Å²) in [5.74, 6) is 0. The van der Waals surface area contributed by atoms with Crippen LogP contribution >= 0.6 is 22.9 Å². The average molecular weight is 418 g/mol. The van der Waals surface area contributed by atoms with Crippen LogP contribution in [-0.2, 0) is 13.1 Å². The van der Waals surface area contributed by atoms with Crippen LogP contribution in [0.2, 0.25) is 4.34 Å². The Morgan fingerprint density at radius 3 is 2.75 bits per heavy atom. The Morgan fingerprint density at radius 2 is 1.96 bits per heavy atom. The molecule has 1 fully saturated rings. The second-order valence-electron chi connectivity index (χ2n) is 6.98. The first-order valence-electron chi connectivity index (χ1n) is 9.58. The molecule has 0 radical (unpaired) electrons. The van der Waals surface area contributed by atoms with Crippen LogP contribution in [0, 0.1) is 0 Å². The van der Waals surface area contributed by atoms with E-state index in [1.165, 1.54) is 4.88 Å². The van der Waals surface area contributed by atoms with Gasteiger partial charge in [0.25, 0.3) is 0 Å². The summed E-state index contributed by atoms with van der Waals surface area (Å²) in [5.41, 5.74) is 2.14. The number of piperazine rings is 1. The van der Waals surface area contributed by atoms with Crippen molar-refractivity contribution >= 4 is 40.0 Å². The van der Waals surface area contributed by atoms with E-state index in [1.54, 1.807) is 11.3 Å². The zero-order valence-corrected chi connectivity index (χ0v) is 17.3. The molecule has 0 atom stereocenters. The molecule has 1 aliphatic rings. The molecule has 1 aromatic carbocycles. The molecular formula is C20H24ClN5OS. The third-order valence-corrected chi connectivity index (χ3v) is 6.26. The number of carbonyl (C=O) groups is 1. The Hall–Kier alpha value is -2.09. The minimum atomic E-state index is 0.0364. The molecule has 3 aromatic rings. The molecule has 28 heavy (non-hydrogen) atoms. The van der Waals surface area contributed by atoms with E-state index >= 15 is 0 Å². The number of fused-ring (bicyclic) bond motifs is 1. The molecule has 6 nitrogen and oxygen atoms in total. The van der Waals surface area contributed by atoms with E-state index in [0.717, 1.165) is 61.1 Å². The quantitative estimate of drug-likeness (QED) is 0.622. The Balaban J connectivity index is 1.17. The SMILES string of the molecule is O=C(NCCCn1cnc2ccccc21)N1CCN(Cc2ccc(Cl)s2)CC1. The topological polar surface area (TPSA) is 53.4 Å². The molecular weight excluding hydrogens is 394 g/mol. The van der Waals surface area contributed by atoms with Crippen LogP contribution in [0.5, 0.6) is 0 Å². The maximum absolute atomic E-state index is 12.4. The summed E-state index contributed by atoms with van der Waals surface area (Å²) in [4.78, 5) is 22.4. The molecule has 2 amide bonds. The van der Waals surface area contributed by atoms with Gasteiger partial charge in [-0.3, -0.25) is 4.90 Å². The summed E-state index contributed by atoms with van der Waals surface area (Å²) < 4.78 is 2.97. The van der Waals surface area contributed by atoms with Crippen molar-refractivity contribution < 1.29 is 4.79 Å². The maximum Gasteiger partial charge on any atom is 0.317 e. The molecule has 2 aromatic heterocycles. The van der Waals surface area contributed by atoms with Gasteiger partial charge in [-0.2, -0.15) is 0 Å². The van der Waals surface area contributed by atoms with Gasteiger partial charge in [-0.25, -0.2) is 9.78 Å². The molecule has 1 N–H and O–H groups in total. The fourth-order valence-corrected chi connectivity index (χ4v) is 4.64. The number of urea groups is 1. The van der Waals surface area contributed by atoms with E-state index in [4.69, 9.17) is 11.6 Å². The van der Waals surface area contributed by atoms with Gasteiger partial charge in [0.05, 0.1) is 21.7 Å². The number of imidazole rings is 1.